The highest BCUT2D eigenvalue weighted by molar-refractivity contribution is 9.10. The first-order valence-corrected chi connectivity index (χ1v) is 25.8. The van der Waals surface area contributed by atoms with Crippen LogP contribution in [0.5, 0.6) is 0 Å². The molecular formula is C39H47BrN12OSi2. The lowest BCUT2D eigenvalue weighted by Gasteiger charge is -2.17. The number of imidazole rings is 1. The average molecular weight is 836 g/mol. The molecule has 0 aromatic carbocycles. The lowest BCUT2D eigenvalue weighted by Crippen LogP contribution is -2.32. The summed E-state index contributed by atoms with van der Waals surface area (Å²) in [6, 6.07) is 0.161. The van der Waals surface area contributed by atoms with Crippen LogP contribution in [0.4, 0.5) is 5.82 Å². The zero-order valence-corrected chi connectivity index (χ0v) is 36.0. The third-order valence-corrected chi connectivity index (χ3v) is 9.75. The van der Waals surface area contributed by atoms with Gasteiger partial charge in [-0.05, 0) is 48.0 Å². The van der Waals surface area contributed by atoms with Crippen LogP contribution in [0.2, 0.25) is 39.3 Å². The van der Waals surface area contributed by atoms with E-state index in [0.29, 0.717) is 36.2 Å². The van der Waals surface area contributed by atoms with Gasteiger partial charge in [-0.1, -0.05) is 51.1 Å². The lowest BCUT2D eigenvalue weighted by atomic mass is 10.2. The molecule has 1 saturated carbocycles. The molecule has 1 saturated heterocycles. The van der Waals surface area contributed by atoms with Crippen LogP contribution in [0.1, 0.15) is 43.1 Å². The van der Waals surface area contributed by atoms with Crippen molar-refractivity contribution >= 4 is 55.0 Å². The Bertz CT molecular complexity index is 2160. The predicted octanol–water partition coefficient (Wildman–Crippen LogP) is 5.90. The second-order valence-corrected chi connectivity index (χ2v) is 25.2. The maximum atomic E-state index is 12.3. The van der Waals surface area contributed by atoms with E-state index in [4.69, 9.17) is 11.4 Å². The number of nitrogens with one attached hydrogen (secondary N) is 1. The standard InChI is InChI=1S/C21H22N8O.C9H12N2Si.C5H10Si.C4H3BrN2/c1-2-29-17(6-3-14-9-22-12-23-10-14)27-18-19(24-13-25-20(18)29)26-16-7-8-28(11-16)21(30)15-4-5-15;1-12(2,3)5-4-9-6-10-8-11-7-9;1-5-6(2,3)4;5-4-1-6-3-7-2-4/h9-10,12-13,15-16H,2,4-5,7-8,11H2,1H3,(H,24,25,26);6-8H,1-3H3;1H,2-4H3;1-3H/t16-;;;/m0.../s1. The van der Waals surface area contributed by atoms with Crippen molar-refractivity contribution in [3.05, 3.63) is 83.9 Å². The van der Waals surface area contributed by atoms with Crippen molar-refractivity contribution in [3.63, 3.8) is 0 Å². The summed E-state index contributed by atoms with van der Waals surface area (Å²) in [5.41, 5.74) is 9.06. The van der Waals surface area contributed by atoms with E-state index in [2.05, 4.69) is 129 Å². The summed E-state index contributed by atoms with van der Waals surface area (Å²) in [6.45, 7) is 17.3. The van der Waals surface area contributed by atoms with E-state index in [-0.39, 0.29) is 12.0 Å². The molecule has 5 aromatic rings. The number of aryl methyl sites for hydroxylation is 1. The number of rotatable bonds is 4. The first kappa shape index (κ1) is 42.4. The second-order valence-electron chi connectivity index (χ2n) is 14.7. The number of nitrogens with zero attached hydrogens (tertiary/aromatic N) is 11. The molecule has 7 rings (SSSR count). The van der Waals surface area contributed by atoms with E-state index in [9.17, 15) is 4.79 Å². The summed E-state index contributed by atoms with van der Waals surface area (Å²) < 4.78 is 2.88. The van der Waals surface area contributed by atoms with E-state index < -0.39 is 16.1 Å². The number of hydrogen-bond acceptors (Lipinski definition) is 11. The summed E-state index contributed by atoms with van der Waals surface area (Å²) in [6.07, 6.45) is 24.3. The van der Waals surface area contributed by atoms with E-state index in [1.807, 2.05) is 16.4 Å². The van der Waals surface area contributed by atoms with Crippen LogP contribution in [0, 0.1) is 41.2 Å². The highest BCUT2D eigenvalue weighted by atomic mass is 79.9. The predicted molar refractivity (Wildman–Crippen MR) is 225 cm³/mol. The normalized spacial score (nSPS) is 14.5. The summed E-state index contributed by atoms with van der Waals surface area (Å²) in [5, 5.41) is 3.48. The minimum Gasteiger partial charge on any atom is -0.364 e. The molecule has 284 valence electrons. The second kappa shape index (κ2) is 20.4. The third kappa shape index (κ3) is 14.8. The quantitative estimate of drug-likeness (QED) is 0.170. The molecule has 1 atom stereocenters. The average Bonchev–Trinajstić information content (AvgIpc) is 3.81. The molecule has 1 aliphatic heterocycles. The molecule has 6 heterocycles. The SMILES string of the molecule is Brc1cncnc1.C#C[Si](C)(C)C.CCn1c(C#Cc2cncnc2)nc2c(N[C@H]3CCN(C(=O)C4CC4)C3)ncnc21.C[Si](C)(C)C#Cc1cncnc1. The number of hydrogen-bond donors (Lipinski definition) is 1. The Morgan fingerprint density at radius 2 is 1.38 bits per heavy atom. The van der Waals surface area contributed by atoms with Crippen LogP contribution in [0.25, 0.3) is 11.2 Å². The molecule has 2 fully saturated rings. The molecule has 0 spiro atoms. The fourth-order valence-electron chi connectivity index (χ4n) is 4.69. The topological polar surface area (TPSA) is 153 Å². The molecule has 2 aliphatic rings. The smallest absolute Gasteiger partial charge is 0.225 e. The van der Waals surface area contributed by atoms with Crippen molar-refractivity contribution < 1.29 is 4.79 Å². The number of aromatic nitrogens is 10. The van der Waals surface area contributed by atoms with Crippen molar-refractivity contribution in [1.29, 1.82) is 0 Å². The number of terminal acetylenes is 1. The molecule has 13 nitrogen and oxygen atoms in total. The lowest BCUT2D eigenvalue weighted by molar-refractivity contribution is -0.131. The molecule has 0 unspecified atom stereocenters. The fraction of sp³-hybridized carbons (Fsp3) is 0.385. The number of carbonyl (C=O) groups is 1. The molecule has 0 bridgehead atoms. The highest BCUT2D eigenvalue weighted by Crippen LogP contribution is 2.32. The van der Waals surface area contributed by atoms with Crippen LogP contribution in [0.15, 0.2) is 67.0 Å². The minimum absolute atomic E-state index is 0.161. The van der Waals surface area contributed by atoms with Gasteiger partial charge in [0.2, 0.25) is 5.91 Å². The summed E-state index contributed by atoms with van der Waals surface area (Å²) in [4.78, 5) is 51.1. The number of fused-ring (bicyclic) bond motifs is 1. The first-order chi connectivity index (χ1) is 26.3. The summed E-state index contributed by atoms with van der Waals surface area (Å²) in [5.74, 6) is 11.1. The summed E-state index contributed by atoms with van der Waals surface area (Å²) >= 11 is 3.19. The Morgan fingerprint density at radius 3 is 1.87 bits per heavy atom. The third-order valence-electron chi connectivity index (χ3n) is 7.60. The van der Waals surface area contributed by atoms with Gasteiger partial charge < -0.3 is 14.8 Å². The summed E-state index contributed by atoms with van der Waals surface area (Å²) in [7, 11) is -2.36. The van der Waals surface area contributed by atoms with E-state index in [0.717, 1.165) is 47.1 Å². The van der Waals surface area contributed by atoms with Crippen LogP contribution >= 0.6 is 15.9 Å². The van der Waals surface area contributed by atoms with Gasteiger partial charge in [-0.2, -0.15) is 0 Å². The van der Waals surface area contributed by atoms with Crippen molar-refractivity contribution in [1.82, 2.24) is 54.3 Å². The molecule has 5 aromatic heterocycles. The number of anilines is 1. The van der Waals surface area contributed by atoms with Crippen LogP contribution < -0.4 is 5.32 Å². The van der Waals surface area contributed by atoms with Crippen LogP contribution in [-0.2, 0) is 11.3 Å². The van der Waals surface area contributed by atoms with Crippen LogP contribution in [0.3, 0.4) is 0 Å². The maximum absolute atomic E-state index is 12.3. The number of amides is 1. The molecule has 55 heavy (non-hydrogen) atoms. The van der Waals surface area contributed by atoms with E-state index in [1.165, 1.54) is 19.0 Å². The van der Waals surface area contributed by atoms with Gasteiger partial charge in [-0.3, -0.25) is 4.79 Å². The Kier molecular flexibility index (Phi) is 15.7. The first-order valence-electron chi connectivity index (χ1n) is 18.0. The van der Waals surface area contributed by atoms with Gasteiger partial charge in [0.15, 0.2) is 22.8 Å². The van der Waals surface area contributed by atoms with Gasteiger partial charge in [-0.25, -0.2) is 44.9 Å². The molecule has 1 N–H and O–H groups in total. The maximum Gasteiger partial charge on any atom is 0.225 e. The Morgan fingerprint density at radius 1 is 0.818 bits per heavy atom. The number of halogens is 1. The van der Waals surface area contributed by atoms with Crippen molar-refractivity contribution in [2.45, 2.75) is 78.1 Å². The van der Waals surface area contributed by atoms with Gasteiger partial charge in [0, 0.05) is 68.8 Å². The van der Waals surface area contributed by atoms with Crippen molar-refractivity contribution in [3.8, 4) is 35.3 Å². The fourth-order valence-corrected chi connectivity index (χ4v) is 5.45. The Balaban J connectivity index is 0.000000219. The Labute approximate surface area is 334 Å². The molecule has 1 amide bonds. The highest BCUT2D eigenvalue weighted by Gasteiger charge is 2.36. The molecule has 16 heteroatoms. The molecule has 1 aliphatic carbocycles. The van der Waals surface area contributed by atoms with E-state index >= 15 is 0 Å². The molecular weight excluding hydrogens is 789 g/mol. The van der Waals surface area contributed by atoms with Gasteiger partial charge in [0.1, 0.15) is 41.5 Å². The largest absolute Gasteiger partial charge is 0.364 e. The van der Waals surface area contributed by atoms with Gasteiger partial charge >= 0.3 is 0 Å². The number of carbonyl (C=O) groups excluding carboxylic acids is 1. The van der Waals surface area contributed by atoms with Crippen LogP contribution in [-0.4, -0.2) is 95.5 Å². The zero-order chi connectivity index (χ0) is 39.8. The van der Waals surface area contributed by atoms with Gasteiger partial charge in [-0.15, -0.1) is 17.5 Å². The zero-order valence-electron chi connectivity index (χ0n) is 32.5. The Hall–Kier alpha value is -5.35. The monoisotopic (exact) mass is 834 g/mol. The molecule has 0 radical (unpaired) electrons. The van der Waals surface area contributed by atoms with Gasteiger partial charge in [0.05, 0.1) is 15.6 Å². The van der Waals surface area contributed by atoms with E-state index in [1.54, 1.807) is 43.5 Å². The number of likely N-dealkylation sites (tertiary alicyclic amines) is 1. The van der Waals surface area contributed by atoms with Crippen molar-refractivity contribution in [2.24, 2.45) is 5.92 Å². The van der Waals surface area contributed by atoms with Crippen molar-refractivity contribution in [2.75, 3.05) is 18.4 Å². The minimum atomic E-state index is -1.26. The van der Waals surface area contributed by atoms with Gasteiger partial charge in [0.25, 0.3) is 0 Å².